The summed E-state index contributed by atoms with van der Waals surface area (Å²) < 4.78 is 35.2. The molecule has 0 aliphatic carbocycles. The highest BCUT2D eigenvalue weighted by Gasteiger charge is 2.39. The largest absolute Gasteiger partial charge is 0.496 e. The molecule has 3 aromatic rings. The first-order chi connectivity index (χ1) is 22.5. The van der Waals surface area contributed by atoms with Crippen LogP contribution in [0.15, 0.2) is 54.6 Å². The third-order valence-electron chi connectivity index (χ3n) is 8.23. The molecule has 252 valence electrons. The standard InChI is InChI=1S/C33H41N4O9P/c1-20(2)16-26(37-33(41)27-18-23-24(35-27)10-7-11-30(23)43-3)32(40)36-25(17-22-12-14-34-31(22)39)28(38)19-45-47(42)44-15-13-29(46-47)21-8-5-4-6-9-21/h4-11,18,20,22,25-26,29,35H,12-17,19H2,1-3H3,(H,34,39)(H,36,40)(H,37,41)/t22-,25?,26?,29?,47?/m0/s1. The van der Waals surface area contributed by atoms with Crippen LogP contribution in [0.1, 0.15) is 61.7 Å². The molecule has 4 unspecified atom stereocenters. The van der Waals surface area contributed by atoms with Gasteiger partial charge in [-0.3, -0.25) is 32.7 Å². The Morgan fingerprint density at radius 2 is 1.83 bits per heavy atom. The summed E-state index contributed by atoms with van der Waals surface area (Å²) in [7, 11) is -2.56. The lowest BCUT2D eigenvalue weighted by molar-refractivity contribution is -0.131. The predicted molar refractivity (Wildman–Crippen MR) is 173 cm³/mol. The van der Waals surface area contributed by atoms with Crippen molar-refractivity contribution in [1.29, 1.82) is 0 Å². The Morgan fingerprint density at radius 3 is 2.53 bits per heavy atom. The molecule has 47 heavy (non-hydrogen) atoms. The van der Waals surface area contributed by atoms with Crippen molar-refractivity contribution >= 4 is 42.2 Å². The topological polar surface area (TPSA) is 174 Å². The number of nitrogens with one attached hydrogen (secondary N) is 4. The number of carbonyl (C=O) groups excluding carboxylic acids is 4. The van der Waals surface area contributed by atoms with Crippen molar-refractivity contribution in [3.8, 4) is 5.75 Å². The number of aromatic nitrogens is 1. The summed E-state index contributed by atoms with van der Waals surface area (Å²) in [6.07, 6.45) is 0.680. The number of ether oxygens (including phenoxy) is 1. The number of rotatable bonds is 14. The van der Waals surface area contributed by atoms with E-state index < -0.39 is 56.1 Å². The number of H-pyrrole nitrogens is 1. The molecule has 0 radical (unpaired) electrons. The summed E-state index contributed by atoms with van der Waals surface area (Å²) in [5.74, 6) is -1.87. The molecule has 2 saturated heterocycles. The van der Waals surface area contributed by atoms with Crippen molar-refractivity contribution in [3.05, 3.63) is 65.9 Å². The van der Waals surface area contributed by atoms with E-state index in [2.05, 4.69) is 20.9 Å². The van der Waals surface area contributed by atoms with Gasteiger partial charge in [-0.2, -0.15) is 0 Å². The quantitative estimate of drug-likeness (QED) is 0.184. The van der Waals surface area contributed by atoms with Crippen LogP contribution in [0.25, 0.3) is 10.9 Å². The van der Waals surface area contributed by atoms with E-state index in [4.69, 9.17) is 18.3 Å². The van der Waals surface area contributed by atoms with E-state index in [0.29, 0.717) is 36.0 Å². The van der Waals surface area contributed by atoms with Gasteiger partial charge in [0.05, 0.1) is 25.9 Å². The second kappa shape index (κ2) is 15.2. The Balaban J connectivity index is 1.28. The number of carbonyl (C=O) groups is 4. The molecule has 0 spiro atoms. The Morgan fingerprint density at radius 1 is 1.04 bits per heavy atom. The molecule has 2 aliphatic heterocycles. The third-order valence-corrected chi connectivity index (χ3v) is 9.68. The molecule has 5 rings (SSSR count). The van der Waals surface area contributed by atoms with Crippen LogP contribution in [0.4, 0.5) is 0 Å². The van der Waals surface area contributed by atoms with Gasteiger partial charge in [0.25, 0.3) is 5.91 Å². The highest BCUT2D eigenvalue weighted by atomic mass is 31.2. The van der Waals surface area contributed by atoms with E-state index in [1.165, 1.54) is 7.11 Å². The number of methoxy groups -OCH3 is 1. The maximum absolute atomic E-state index is 13.7. The SMILES string of the molecule is COc1cccc2[nH]c(C(=O)NC(CC(C)C)C(=O)NC(C[C@@H]3CCNC3=O)C(=O)COP3(=O)OCCC(c4ccccc4)O3)cc12. The second-order valence-corrected chi connectivity index (χ2v) is 13.8. The highest BCUT2D eigenvalue weighted by Crippen LogP contribution is 2.56. The number of ketones is 1. The van der Waals surface area contributed by atoms with Crippen molar-refractivity contribution in [2.24, 2.45) is 11.8 Å². The predicted octanol–water partition coefficient (Wildman–Crippen LogP) is 4.20. The smallest absolute Gasteiger partial charge is 0.475 e. The molecular weight excluding hydrogens is 627 g/mol. The van der Waals surface area contributed by atoms with E-state index in [1.807, 2.05) is 50.2 Å². The molecule has 3 amide bonds. The number of hydrogen-bond donors (Lipinski definition) is 4. The maximum atomic E-state index is 13.7. The molecular formula is C33H41N4O9P. The van der Waals surface area contributed by atoms with Crippen LogP contribution in [0.5, 0.6) is 5.75 Å². The van der Waals surface area contributed by atoms with E-state index in [0.717, 1.165) is 5.56 Å². The Kier molecular flexibility index (Phi) is 11.1. The molecule has 13 nitrogen and oxygen atoms in total. The molecule has 0 saturated carbocycles. The van der Waals surface area contributed by atoms with Crippen molar-refractivity contribution in [3.63, 3.8) is 0 Å². The summed E-state index contributed by atoms with van der Waals surface area (Å²) >= 11 is 0. The first-order valence-electron chi connectivity index (χ1n) is 15.7. The molecule has 2 fully saturated rings. The fraction of sp³-hybridized carbons (Fsp3) is 0.455. The van der Waals surface area contributed by atoms with Gasteiger partial charge in [-0.25, -0.2) is 4.57 Å². The zero-order valence-corrected chi connectivity index (χ0v) is 27.5. The number of hydrogen-bond acceptors (Lipinski definition) is 9. The van der Waals surface area contributed by atoms with Crippen LogP contribution in [0, 0.1) is 11.8 Å². The Labute approximate surface area is 273 Å². The minimum Gasteiger partial charge on any atom is -0.496 e. The number of aromatic amines is 1. The van der Waals surface area contributed by atoms with Crippen LogP contribution in [-0.4, -0.2) is 67.4 Å². The molecule has 1 aromatic heterocycles. The van der Waals surface area contributed by atoms with Gasteiger partial charge in [0, 0.05) is 29.8 Å². The molecule has 2 aliphatic rings. The van der Waals surface area contributed by atoms with Crippen molar-refractivity contribution in [2.45, 2.75) is 57.7 Å². The molecule has 3 heterocycles. The fourth-order valence-corrected chi connectivity index (χ4v) is 7.13. The van der Waals surface area contributed by atoms with Gasteiger partial charge < -0.3 is 25.7 Å². The molecule has 0 bridgehead atoms. The minimum atomic E-state index is -4.10. The van der Waals surface area contributed by atoms with Crippen molar-refractivity contribution in [1.82, 2.24) is 20.9 Å². The van der Waals surface area contributed by atoms with Crippen LogP contribution in [0.3, 0.4) is 0 Å². The second-order valence-electron chi connectivity index (χ2n) is 12.1. The number of phosphoric acid groups is 1. The zero-order valence-electron chi connectivity index (χ0n) is 26.7. The average Bonchev–Trinajstić information content (AvgIpc) is 3.69. The summed E-state index contributed by atoms with van der Waals surface area (Å²) in [6.45, 7) is 3.69. The van der Waals surface area contributed by atoms with Gasteiger partial charge in [0.1, 0.15) is 24.1 Å². The van der Waals surface area contributed by atoms with E-state index in [1.54, 1.807) is 18.2 Å². The highest BCUT2D eigenvalue weighted by molar-refractivity contribution is 7.48. The number of amides is 3. The van der Waals surface area contributed by atoms with Gasteiger partial charge in [0.2, 0.25) is 11.8 Å². The van der Waals surface area contributed by atoms with Crippen LogP contribution in [-0.2, 0) is 32.5 Å². The summed E-state index contributed by atoms with van der Waals surface area (Å²) in [4.78, 5) is 56.1. The summed E-state index contributed by atoms with van der Waals surface area (Å²) in [5, 5.41) is 8.99. The van der Waals surface area contributed by atoms with Gasteiger partial charge in [-0.05, 0) is 48.9 Å². The number of benzene rings is 2. The fourth-order valence-electron chi connectivity index (χ4n) is 5.78. The van der Waals surface area contributed by atoms with Gasteiger partial charge in [-0.1, -0.05) is 50.2 Å². The van der Waals surface area contributed by atoms with Gasteiger partial charge in [-0.15, -0.1) is 0 Å². The third kappa shape index (κ3) is 8.66. The summed E-state index contributed by atoms with van der Waals surface area (Å²) in [5.41, 5.74) is 1.73. The molecule has 14 heteroatoms. The lowest BCUT2D eigenvalue weighted by atomic mass is 9.95. The molecule has 4 N–H and O–H groups in total. The lowest BCUT2D eigenvalue weighted by Crippen LogP contribution is -2.53. The van der Waals surface area contributed by atoms with Crippen molar-refractivity contribution < 1.29 is 42.1 Å². The number of Topliss-reactive ketones (excluding diaryl/α,β-unsaturated/α-hetero) is 1. The number of phosphoric ester groups is 1. The van der Waals surface area contributed by atoms with Crippen molar-refractivity contribution in [2.75, 3.05) is 26.9 Å². The van der Waals surface area contributed by atoms with Crippen LogP contribution < -0.4 is 20.7 Å². The van der Waals surface area contributed by atoms with E-state index in [-0.39, 0.29) is 37.0 Å². The van der Waals surface area contributed by atoms with E-state index in [9.17, 15) is 23.7 Å². The lowest BCUT2D eigenvalue weighted by Gasteiger charge is -2.29. The van der Waals surface area contributed by atoms with Gasteiger partial charge >= 0.3 is 7.82 Å². The first kappa shape index (κ1) is 34.3. The Hall–Kier alpha value is -4.03. The first-order valence-corrected chi connectivity index (χ1v) is 17.2. The van der Waals surface area contributed by atoms with Crippen LogP contribution >= 0.6 is 7.82 Å². The van der Waals surface area contributed by atoms with Gasteiger partial charge in [0.15, 0.2) is 5.78 Å². The maximum Gasteiger partial charge on any atom is 0.475 e. The minimum absolute atomic E-state index is 0.00256. The summed E-state index contributed by atoms with van der Waals surface area (Å²) in [6, 6.07) is 14.1. The Bertz CT molecular complexity index is 1640. The normalized spacial score (nSPS) is 22.4. The molecule has 5 atom stereocenters. The van der Waals surface area contributed by atoms with Crippen LogP contribution in [0.2, 0.25) is 0 Å². The molecule has 2 aromatic carbocycles. The number of fused-ring (bicyclic) bond motifs is 1. The monoisotopic (exact) mass is 668 g/mol. The average molecular weight is 669 g/mol. The zero-order chi connectivity index (χ0) is 33.6. The van der Waals surface area contributed by atoms with E-state index >= 15 is 0 Å².